The zero-order valence-corrected chi connectivity index (χ0v) is 17.7. The number of fused-ring (bicyclic) bond motifs is 2. The summed E-state index contributed by atoms with van der Waals surface area (Å²) in [6.45, 7) is 1.87. The highest BCUT2D eigenvalue weighted by molar-refractivity contribution is 5.92. The molecule has 6 nitrogen and oxygen atoms in total. The number of alkyl halides is 3. The molecule has 1 aromatic carbocycles. The summed E-state index contributed by atoms with van der Waals surface area (Å²) in [4.78, 5) is 17.0. The van der Waals surface area contributed by atoms with Gasteiger partial charge in [-0.3, -0.25) is 9.78 Å². The molecule has 1 N–H and O–H groups in total. The summed E-state index contributed by atoms with van der Waals surface area (Å²) in [6.07, 6.45) is -0.101. The van der Waals surface area contributed by atoms with E-state index in [0.29, 0.717) is 23.1 Å². The molecule has 10 heteroatoms. The van der Waals surface area contributed by atoms with Gasteiger partial charge in [0.15, 0.2) is 0 Å². The van der Waals surface area contributed by atoms with E-state index in [1.807, 2.05) is 6.92 Å². The number of hydrogen-bond donors (Lipinski definition) is 1. The number of anilines is 1. The monoisotopic (exact) mass is 462 g/mol. The number of nitrogens with zero attached hydrogens (tertiary/aromatic N) is 3. The van der Waals surface area contributed by atoms with E-state index in [1.165, 1.54) is 12.1 Å². The van der Waals surface area contributed by atoms with Gasteiger partial charge in [0.1, 0.15) is 17.4 Å². The lowest BCUT2D eigenvalue weighted by molar-refractivity contribution is -0.210. The number of halogens is 4. The normalized spacial score (nSPS) is 25.0. The number of carbonyl (C=O) groups excluding carboxylic acids is 1. The zero-order chi connectivity index (χ0) is 23.3. The van der Waals surface area contributed by atoms with Gasteiger partial charge in [0.05, 0.1) is 17.8 Å². The molecular weight excluding hydrogens is 440 g/mol. The standard InChI is InChI=1S/C23H22F4N4O2/c1-2-14(22(32)30-20-6-8-29-31(20)23(25,26)27)21-15-10-13(11-16(15)21)33-19-5-7-28-18-4-3-12(24)9-17(18)19/h3-9,13-16,21H,2,10-11H2,1H3,(H,30,32)/t13-,14?,15-,16+,21-. The third-order valence-electron chi connectivity index (χ3n) is 6.80. The Morgan fingerprint density at radius 3 is 2.67 bits per heavy atom. The molecule has 2 heterocycles. The number of carbonyl (C=O) groups is 1. The van der Waals surface area contributed by atoms with Crippen molar-refractivity contribution < 1.29 is 27.1 Å². The third kappa shape index (κ3) is 4.02. The Hall–Kier alpha value is -3.17. The predicted molar refractivity (Wildman–Crippen MR) is 112 cm³/mol. The second-order valence-corrected chi connectivity index (χ2v) is 8.69. The minimum absolute atomic E-state index is 0.0580. The highest BCUT2D eigenvalue weighted by Gasteiger charge is 2.60. The first-order valence-corrected chi connectivity index (χ1v) is 10.9. The van der Waals surface area contributed by atoms with Gasteiger partial charge in [-0.15, -0.1) is 13.2 Å². The van der Waals surface area contributed by atoms with Crippen molar-refractivity contribution in [3.63, 3.8) is 0 Å². The van der Waals surface area contributed by atoms with Gasteiger partial charge in [0.2, 0.25) is 5.91 Å². The molecule has 2 aliphatic carbocycles. The molecule has 0 bridgehead atoms. The first-order chi connectivity index (χ1) is 15.8. The van der Waals surface area contributed by atoms with Crippen LogP contribution in [0.3, 0.4) is 0 Å². The summed E-state index contributed by atoms with van der Waals surface area (Å²) in [5, 5.41) is 6.27. The van der Waals surface area contributed by atoms with Gasteiger partial charge in [0, 0.05) is 23.6 Å². The van der Waals surface area contributed by atoms with Gasteiger partial charge in [-0.25, -0.2) is 4.39 Å². The molecule has 1 amide bonds. The summed E-state index contributed by atoms with van der Waals surface area (Å²) in [5.74, 6) is -0.292. The number of pyridine rings is 1. The Kier molecular flexibility index (Phi) is 5.25. The molecule has 3 aromatic rings. The molecule has 0 spiro atoms. The van der Waals surface area contributed by atoms with Crippen LogP contribution in [0.5, 0.6) is 5.75 Å². The van der Waals surface area contributed by atoms with Crippen molar-refractivity contribution in [2.45, 2.75) is 38.6 Å². The third-order valence-corrected chi connectivity index (χ3v) is 6.80. The fraction of sp³-hybridized carbons (Fsp3) is 0.435. The topological polar surface area (TPSA) is 69.0 Å². The second-order valence-electron chi connectivity index (χ2n) is 8.69. The molecule has 2 aromatic heterocycles. The van der Waals surface area contributed by atoms with Crippen LogP contribution in [0.4, 0.5) is 23.4 Å². The van der Waals surface area contributed by atoms with Crippen LogP contribution in [0.25, 0.3) is 10.9 Å². The Balaban J connectivity index is 1.23. The average molecular weight is 462 g/mol. The Labute approximate surface area is 186 Å². The smallest absolute Gasteiger partial charge is 0.490 e. The van der Waals surface area contributed by atoms with Crippen LogP contribution >= 0.6 is 0 Å². The molecule has 0 saturated heterocycles. The molecule has 174 valence electrons. The van der Waals surface area contributed by atoms with Crippen molar-refractivity contribution in [2.75, 3.05) is 5.32 Å². The summed E-state index contributed by atoms with van der Waals surface area (Å²) < 4.78 is 58.8. The molecule has 5 rings (SSSR count). The van der Waals surface area contributed by atoms with Crippen molar-refractivity contribution in [1.82, 2.24) is 14.8 Å². The van der Waals surface area contributed by atoms with E-state index < -0.39 is 12.2 Å². The fourth-order valence-corrected chi connectivity index (χ4v) is 5.36. The number of amides is 1. The largest absolute Gasteiger partial charge is 0.506 e. The number of nitrogens with one attached hydrogen (secondary N) is 1. The van der Waals surface area contributed by atoms with E-state index in [1.54, 1.807) is 18.3 Å². The molecular formula is C23H22F4N4O2. The highest BCUT2D eigenvalue weighted by atomic mass is 19.4. The van der Waals surface area contributed by atoms with E-state index in [2.05, 4.69) is 15.4 Å². The SMILES string of the molecule is CCC(C(=O)Nc1ccnn1C(F)(F)F)[C@@H]1[C@@H]2C[C@@H](Oc3ccnc4ccc(F)cc34)C[C@@H]21. The van der Waals surface area contributed by atoms with Gasteiger partial charge in [0.25, 0.3) is 0 Å². The van der Waals surface area contributed by atoms with Crippen LogP contribution < -0.4 is 10.1 Å². The van der Waals surface area contributed by atoms with E-state index in [4.69, 9.17) is 4.74 Å². The molecule has 1 unspecified atom stereocenters. The average Bonchev–Trinajstić information content (AvgIpc) is 3.10. The first kappa shape index (κ1) is 21.7. The molecule has 5 atom stereocenters. The maximum Gasteiger partial charge on any atom is 0.506 e. The maximum absolute atomic E-state index is 13.7. The number of benzene rings is 1. The van der Waals surface area contributed by atoms with Crippen molar-refractivity contribution in [3.05, 3.63) is 48.5 Å². The van der Waals surface area contributed by atoms with Crippen molar-refractivity contribution in [3.8, 4) is 5.75 Å². The number of hydrogen-bond acceptors (Lipinski definition) is 4. The van der Waals surface area contributed by atoms with Gasteiger partial charge in [-0.05, 0) is 61.3 Å². The van der Waals surface area contributed by atoms with Gasteiger partial charge < -0.3 is 10.1 Å². The van der Waals surface area contributed by atoms with E-state index in [0.717, 1.165) is 25.1 Å². The summed E-state index contributed by atoms with van der Waals surface area (Å²) in [7, 11) is 0. The molecule has 2 aliphatic rings. The van der Waals surface area contributed by atoms with Crippen LogP contribution in [0.15, 0.2) is 42.7 Å². The summed E-state index contributed by atoms with van der Waals surface area (Å²) in [6, 6.07) is 7.22. The maximum atomic E-state index is 13.7. The Morgan fingerprint density at radius 2 is 1.97 bits per heavy atom. The van der Waals surface area contributed by atoms with E-state index in [9.17, 15) is 22.4 Å². The minimum atomic E-state index is -4.70. The van der Waals surface area contributed by atoms with Crippen LogP contribution in [0.2, 0.25) is 0 Å². The van der Waals surface area contributed by atoms with Gasteiger partial charge in [-0.2, -0.15) is 9.78 Å². The predicted octanol–water partition coefficient (Wildman–Crippen LogP) is 5.12. The van der Waals surface area contributed by atoms with Crippen LogP contribution in [0, 0.1) is 29.5 Å². The van der Waals surface area contributed by atoms with Gasteiger partial charge in [-0.1, -0.05) is 6.92 Å². The van der Waals surface area contributed by atoms with Crippen LogP contribution in [0.1, 0.15) is 26.2 Å². The molecule has 0 aliphatic heterocycles. The zero-order valence-electron chi connectivity index (χ0n) is 17.7. The minimum Gasteiger partial charge on any atom is -0.490 e. The summed E-state index contributed by atoms with van der Waals surface area (Å²) >= 11 is 0. The Bertz CT molecular complexity index is 1180. The quantitative estimate of drug-likeness (QED) is 0.517. The van der Waals surface area contributed by atoms with Crippen molar-refractivity contribution in [1.29, 1.82) is 0 Å². The molecule has 2 saturated carbocycles. The van der Waals surface area contributed by atoms with Crippen LogP contribution in [-0.4, -0.2) is 26.8 Å². The fourth-order valence-electron chi connectivity index (χ4n) is 5.36. The second kappa shape index (κ2) is 8.00. The van der Waals surface area contributed by atoms with E-state index >= 15 is 0 Å². The lowest BCUT2D eigenvalue weighted by Gasteiger charge is -2.21. The van der Waals surface area contributed by atoms with Crippen molar-refractivity contribution >= 4 is 22.6 Å². The van der Waals surface area contributed by atoms with Gasteiger partial charge >= 0.3 is 6.30 Å². The Morgan fingerprint density at radius 1 is 1.21 bits per heavy atom. The lowest BCUT2D eigenvalue weighted by Crippen LogP contribution is -2.30. The molecule has 2 fully saturated rings. The molecule has 33 heavy (non-hydrogen) atoms. The first-order valence-electron chi connectivity index (χ1n) is 10.9. The van der Waals surface area contributed by atoms with Crippen molar-refractivity contribution in [2.24, 2.45) is 23.7 Å². The number of rotatable bonds is 6. The number of aromatic nitrogens is 3. The van der Waals surface area contributed by atoms with Crippen LogP contribution in [-0.2, 0) is 11.1 Å². The highest BCUT2D eigenvalue weighted by Crippen LogP contribution is 2.62. The molecule has 0 radical (unpaired) electrons. The lowest BCUT2D eigenvalue weighted by atomic mass is 9.93. The number of ether oxygens (including phenoxy) is 1. The van der Waals surface area contributed by atoms with E-state index in [-0.39, 0.29) is 46.1 Å². The summed E-state index contributed by atoms with van der Waals surface area (Å²) in [5.41, 5.74) is 0.649.